The Morgan fingerprint density at radius 1 is 1.43 bits per heavy atom. The summed E-state index contributed by atoms with van der Waals surface area (Å²) in [5, 5.41) is 6.16. The highest BCUT2D eigenvalue weighted by molar-refractivity contribution is 9.11. The molecule has 1 fully saturated rings. The van der Waals surface area contributed by atoms with Gasteiger partial charge in [-0.1, -0.05) is 0 Å². The van der Waals surface area contributed by atoms with Crippen molar-refractivity contribution in [1.29, 1.82) is 0 Å². The summed E-state index contributed by atoms with van der Waals surface area (Å²) >= 11 is 5.27. The molecule has 1 saturated heterocycles. The van der Waals surface area contributed by atoms with Crippen LogP contribution >= 0.6 is 27.3 Å². The standard InChI is InChI=1S/C16H25BrN4OS/c1-18-15(22)11-12-6-9-21(10-7-12)16(19-2)20-8-5-13-3-4-14(17)23-13/h3-4,12H,5-11H2,1-2H3,(H,18,22)(H,19,20). The zero-order valence-corrected chi connectivity index (χ0v) is 16.2. The Labute approximate surface area is 150 Å². The highest BCUT2D eigenvalue weighted by Crippen LogP contribution is 2.22. The number of hydrogen-bond donors (Lipinski definition) is 2. The topological polar surface area (TPSA) is 56.7 Å². The van der Waals surface area contributed by atoms with Crippen LogP contribution in [-0.4, -0.2) is 50.5 Å². The SMILES string of the molecule is CN=C(NCCc1ccc(Br)s1)N1CCC(CC(=O)NC)CC1. The molecule has 2 N–H and O–H groups in total. The molecular weight excluding hydrogens is 376 g/mol. The first kappa shape index (κ1) is 18.3. The molecule has 1 aromatic heterocycles. The van der Waals surface area contributed by atoms with Gasteiger partial charge in [-0.2, -0.15) is 0 Å². The number of nitrogens with zero attached hydrogens (tertiary/aromatic N) is 2. The number of nitrogens with one attached hydrogen (secondary N) is 2. The van der Waals surface area contributed by atoms with Gasteiger partial charge in [0.15, 0.2) is 5.96 Å². The third kappa shape index (κ3) is 5.80. The molecule has 0 aromatic carbocycles. The van der Waals surface area contributed by atoms with Crippen molar-refractivity contribution in [2.24, 2.45) is 10.9 Å². The average molecular weight is 401 g/mol. The van der Waals surface area contributed by atoms with Crippen LogP contribution in [0.2, 0.25) is 0 Å². The monoisotopic (exact) mass is 400 g/mol. The van der Waals surface area contributed by atoms with Crippen LogP contribution in [0.4, 0.5) is 0 Å². The molecule has 7 heteroatoms. The van der Waals surface area contributed by atoms with Crippen LogP contribution in [0, 0.1) is 5.92 Å². The van der Waals surface area contributed by atoms with Crippen LogP contribution in [0.3, 0.4) is 0 Å². The Morgan fingerprint density at radius 2 is 2.17 bits per heavy atom. The fourth-order valence-corrected chi connectivity index (χ4v) is 4.31. The van der Waals surface area contributed by atoms with E-state index in [9.17, 15) is 4.79 Å². The van der Waals surface area contributed by atoms with Crippen molar-refractivity contribution < 1.29 is 4.79 Å². The summed E-state index contributed by atoms with van der Waals surface area (Å²) in [4.78, 5) is 19.5. The number of thiophene rings is 1. The molecule has 0 spiro atoms. The molecule has 0 saturated carbocycles. The van der Waals surface area contributed by atoms with Crippen molar-refractivity contribution in [3.8, 4) is 0 Å². The minimum atomic E-state index is 0.146. The van der Waals surface area contributed by atoms with Gasteiger partial charge in [0.2, 0.25) is 5.91 Å². The second kappa shape index (κ2) is 9.27. The maximum absolute atomic E-state index is 11.5. The molecule has 0 unspecified atom stereocenters. The van der Waals surface area contributed by atoms with Crippen molar-refractivity contribution in [2.75, 3.05) is 33.7 Å². The summed E-state index contributed by atoms with van der Waals surface area (Å²) in [6, 6.07) is 4.25. The highest BCUT2D eigenvalue weighted by atomic mass is 79.9. The molecule has 1 aromatic rings. The number of rotatable bonds is 5. The highest BCUT2D eigenvalue weighted by Gasteiger charge is 2.22. The lowest BCUT2D eigenvalue weighted by Crippen LogP contribution is -2.46. The fraction of sp³-hybridized carbons (Fsp3) is 0.625. The largest absolute Gasteiger partial charge is 0.359 e. The molecule has 0 bridgehead atoms. The summed E-state index contributed by atoms with van der Waals surface area (Å²) in [5.41, 5.74) is 0. The first-order valence-electron chi connectivity index (χ1n) is 8.02. The normalized spacial score (nSPS) is 16.5. The van der Waals surface area contributed by atoms with E-state index in [1.807, 2.05) is 7.05 Å². The van der Waals surface area contributed by atoms with E-state index < -0.39 is 0 Å². The van der Waals surface area contributed by atoms with Crippen molar-refractivity contribution in [1.82, 2.24) is 15.5 Å². The maximum atomic E-state index is 11.5. The maximum Gasteiger partial charge on any atom is 0.220 e. The molecular formula is C16H25BrN4OS. The van der Waals surface area contributed by atoms with E-state index in [-0.39, 0.29) is 5.91 Å². The van der Waals surface area contributed by atoms with Gasteiger partial charge in [0.05, 0.1) is 3.79 Å². The van der Waals surface area contributed by atoms with Gasteiger partial charge in [0.1, 0.15) is 0 Å². The third-order valence-electron chi connectivity index (χ3n) is 4.16. The van der Waals surface area contributed by atoms with E-state index in [1.54, 1.807) is 18.4 Å². The molecule has 1 aliphatic heterocycles. The quantitative estimate of drug-likeness (QED) is 0.589. The number of piperidine rings is 1. The summed E-state index contributed by atoms with van der Waals surface area (Å²) in [6.07, 6.45) is 3.74. The van der Waals surface area contributed by atoms with Crippen LogP contribution in [0.1, 0.15) is 24.1 Å². The molecule has 1 amide bonds. The zero-order valence-electron chi connectivity index (χ0n) is 13.8. The lowest BCUT2D eigenvalue weighted by atomic mass is 9.93. The van der Waals surface area contributed by atoms with Crippen LogP contribution in [-0.2, 0) is 11.2 Å². The van der Waals surface area contributed by atoms with Crippen LogP contribution in [0.15, 0.2) is 20.9 Å². The number of amides is 1. The van der Waals surface area contributed by atoms with Crippen molar-refractivity contribution >= 4 is 39.1 Å². The minimum absolute atomic E-state index is 0.146. The summed E-state index contributed by atoms with van der Waals surface area (Å²) < 4.78 is 1.18. The second-order valence-electron chi connectivity index (χ2n) is 5.74. The Morgan fingerprint density at radius 3 is 2.74 bits per heavy atom. The molecule has 5 nitrogen and oxygen atoms in total. The van der Waals surface area contributed by atoms with E-state index in [4.69, 9.17) is 0 Å². The second-order valence-corrected chi connectivity index (χ2v) is 8.29. The van der Waals surface area contributed by atoms with Gasteiger partial charge in [0, 0.05) is 45.0 Å². The number of carbonyl (C=O) groups is 1. The number of likely N-dealkylation sites (tertiary alicyclic amines) is 1. The van der Waals surface area contributed by atoms with Gasteiger partial charge in [-0.25, -0.2) is 0 Å². The average Bonchev–Trinajstić information content (AvgIpc) is 2.98. The number of guanidine groups is 1. The van der Waals surface area contributed by atoms with E-state index >= 15 is 0 Å². The fourth-order valence-electron chi connectivity index (χ4n) is 2.83. The van der Waals surface area contributed by atoms with Gasteiger partial charge in [0.25, 0.3) is 0 Å². The Kier molecular flexibility index (Phi) is 7.36. The van der Waals surface area contributed by atoms with Crippen molar-refractivity contribution in [2.45, 2.75) is 25.7 Å². The van der Waals surface area contributed by atoms with Crippen LogP contribution < -0.4 is 10.6 Å². The Balaban J connectivity index is 1.73. The van der Waals surface area contributed by atoms with E-state index in [1.165, 1.54) is 8.66 Å². The third-order valence-corrected chi connectivity index (χ3v) is 5.85. The van der Waals surface area contributed by atoms with E-state index in [0.29, 0.717) is 12.3 Å². The summed E-state index contributed by atoms with van der Waals surface area (Å²) in [6.45, 7) is 2.82. The van der Waals surface area contributed by atoms with Gasteiger partial charge in [-0.15, -0.1) is 11.3 Å². The number of aliphatic imine (C=N–C) groups is 1. The number of halogens is 1. The molecule has 2 heterocycles. The molecule has 1 aliphatic rings. The molecule has 23 heavy (non-hydrogen) atoms. The predicted molar refractivity (Wildman–Crippen MR) is 100 cm³/mol. The van der Waals surface area contributed by atoms with Crippen molar-refractivity contribution in [3.63, 3.8) is 0 Å². The molecule has 0 atom stereocenters. The molecule has 0 radical (unpaired) electrons. The van der Waals surface area contributed by atoms with E-state index in [0.717, 1.165) is 44.9 Å². The zero-order chi connectivity index (χ0) is 16.7. The number of carbonyl (C=O) groups excluding carboxylic acids is 1. The molecule has 0 aliphatic carbocycles. The van der Waals surface area contributed by atoms with Gasteiger partial charge >= 0.3 is 0 Å². The minimum Gasteiger partial charge on any atom is -0.359 e. The first-order valence-corrected chi connectivity index (χ1v) is 9.63. The summed E-state index contributed by atoms with van der Waals surface area (Å²) in [7, 11) is 3.54. The smallest absolute Gasteiger partial charge is 0.220 e. The van der Waals surface area contributed by atoms with Crippen molar-refractivity contribution in [3.05, 3.63) is 20.8 Å². The van der Waals surface area contributed by atoms with E-state index in [2.05, 4.69) is 48.6 Å². The van der Waals surface area contributed by atoms with Gasteiger partial charge in [-0.3, -0.25) is 9.79 Å². The number of hydrogen-bond acceptors (Lipinski definition) is 3. The van der Waals surface area contributed by atoms with Gasteiger partial charge < -0.3 is 15.5 Å². The Bertz CT molecular complexity index is 538. The van der Waals surface area contributed by atoms with Crippen LogP contribution in [0.25, 0.3) is 0 Å². The molecule has 2 rings (SSSR count). The first-order chi connectivity index (χ1) is 11.1. The Hall–Kier alpha value is -1.08. The summed E-state index contributed by atoms with van der Waals surface area (Å²) in [5.74, 6) is 1.61. The lowest BCUT2D eigenvalue weighted by Gasteiger charge is -2.34. The van der Waals surface area contributed by atoms with Gasteiger partial charge in [-0.05, 0) is 53.2 Å². The lowest BCUT2D eigenvalue weighted by molar-refractivity contribution is -0.121. The predicted octanol–water partition coefficient (Wildman–Crippen LogP) is 2.48. The molecule has 128 valence electrons. The van der Waals surface area contributed by atoms with Crippen LogP contribution in [0.5, 0.6) is 0 Å².